The van der Waals surface area contributed by atoms with Gasteiger partial charge in [0.2, 0.25) is 0 Å². The van der Waals surface area contributed by atoms with Crippen molar-refractivity contribution < 1.29 is 4.79 Å². The number of nitrogens with zero attached hydrogens (tertiary/aromatic N) is 1. The Hall–Kier alpha value is -1.61. The van der Waals surface area contributed by atoms with Crippen LogP contribution < -0.4 is 16.0 Å². The molecule has 1 aromatic heterocycles. The molecule has 0 saturated carbocycles. The van der Waals surface area contributed by atoms with Crippen LogP contribution in [-0.2, 0) is 6.54 Å². The minimum Gasteiger partial charge on any atom is -0.356 e. The third-order valence-electron chi connectivity index (χ3n) is 3.81. The van der Waals surface area contributed by atoms with Gasteiger partial charge in [-0.2, -0.15) is 0 Å². The van der Waals surface area contributed by atoms with Crippen molar-refractivity contribution in [2.45, 2.75) is 26.3 Å². The summed E-state index contributed by atoms with van der Waals surface area (Å²) >= 11 is 1.77. The Morgan fingerprint density at radius 3 is 2.65 bits per heavy atom. The quantitative estimate of drug-likeness (QED) is 0.319. The molecule has 142 valence electrons. The van der Waals surface area contributed by atoms with Crippen molar-refractivity contribution in [3.05, 3.63) is 57.8 Å². The highest BCUT2D eigenvalue weighted by Gasteiger charge is 2.08. The number of carbonyl (C=O) groups is 1. The Labute approximate surface area is 176 Å². The van der Waals surface area contributed by atoms with Crippen LogP contribution in [0.3, 0.4) is 0 Å². The highest BCUT2D eigenvalue weighted by atomic mass is 127. The largest absolute Gasteiger partial charge is 0.356 e. The van der Waals surface area contributed by atoms with Crippen LogP contribution in [0.2, 0.25) is 0 Å². The van der Waals surface area contributed by atoms with Gasteiger partial charge in [0.05, 0.1) is 0 Å². The van der Waals surface area contributed by atoms with Gasteiger partial charge in [0, 0.05) is 43.0 Å². The number of thiophene rings is 1. The Morgan fingerprint density at radius 1 is 1.19 bits per heavy atom. The van der Waals surface area contributed by atoms with Gasteiger partial charge in [-0.1, -0.05) is 25.1 Å². The van der Waals surface area contributed by atoms with Crippen molar-refractivity contribution in [2.75, 3.05) is 20.1 Å². The lowest BCUT2D eigenvalue weighted by Gasteiger charge is -2.15. The average molecular weight is 486 g/mol. The molecular weight excluding hydrogens is 459 g/mol. The number of benzene rings is 1. The average Bonchev–Trinajstić information content (AvgIpc) is 3.17. The van der Waals surface area contributed by atoms with E-state index in [0.29, 0.717) is 24.6 Å². The lowest BCUT2D eigenvalue weighted by Crippen LogP contribution is -2.38. The second kappa shape index (κ2) is 11.9. The molecule has 1 aromatic carbocycles. The number of rotatable bonds is 7. The predicted octanol–water partition coefficient (Wildman–Crippen LogP) is 3.58. The first kappa shape index (κ1) is 22.4. The third-order valence-corrected chi connectivity index (χ3v) is 4.92. The summed E-state index contributed by atoms with van der Waals surface area (Å²) in [5.41, 5.74) is 1.72. The first-order chi connectivity index (χ1) is 12.1. The van der Waals surface area contributed by atoms with Crippen molar-refractivity contribution in [3.8, 4) is 0 Å². The molecule has 0 bridgehead atoms. The number of guanidine groups is 1. The molecule has 7 heteroatoms. The van der Waals surface area contributed by atoms with Crippen molar-refractivity contribution in [1.29, 1.82) is 0 Å². The van der Waals surface area contributed by atoms with E-state index in [-0.39, 0.29) is 29.9 Å². The van der Waals surface area contributed by atoms with Gasteiger partial charge in [0.25, 0.3) is 5.91 Å². The van der Waals surface area contributed by atoms with Crippen LogP contribution in [0.1, 0.15) is 40.6 Å². The minimum atomic E-state index is -0.0448. The van der Waals surface area contributed by atoms with E-state index in [0.717, 1.165) is 18.1 Å². The molecule has 3 N–H and O–H groups in total. The molecule has 2 aromatic rings. The molecule has 5 nitrogen and oxygen atoms in total. The number of hydrogen-bond donors (Lipinski definition) is 3. The van der Waals surface area contributed by atoms with E-state index in [1.54, 1.807) is 18.4 Å². The monoisotopic (exact) mass is 486 g/mol. The normalized spacial score (nSPS) is 12.0. The number of aliphatic imine (C=N–C) groups is 1. The summed E-state index contributed by atoms with van der Waals surface area (Å²) in [6, 6.07) is 11.9. The van der Waals surface area contributed by atoms with E-state index in [1.807, 2.05) is 31.2 Å². The van der Waals surface area contributed by atoms with E-state index in [4.69, 9.17) is 0 Å². The second-order valence-corrected chi connectivity index (χ2v) is 6.76. The Kier molecular flexibility index (Phi) is 10.3. The summed E-state index contributed by atoms with van der Waals surface area (Å²) in [6.07, 6.45) is 0. The third kappa shape index (κ3) is 6.95. The Morgan fingerprint density at radius 2 is 2.00 bits per heavy atom. The lowest BCUT2D eigenvalue weighted by molar-refractivity contribution is 0.0955. The van der Waals surface area contributed by atoms with Crippen LogP contribution in [0.15, 0.2) is 46.8 Å². The molecule has 0 fully saturated rings. The maximum Gasteiger partial charge on any atom is 0.251 e. The molecule has 1 atom stereocenters. The molecule has 1 amide bonds. The lowest BCUT2D eigenvalue weighted by atomic mass is 10.1. The zero-order chi connectivity index (χ0) is 18.1. The standard InChI is InChI=1S/C19H26N4OS.HI/c1-4-21-18(24)16-8-5-7-15(11-16)13-23-19(20-3)22-12-14(2)17-9-6-10-25-17;/h5-11,14H,4,12-13H2,1-3H3,(H,21,24)(H2,20,22,23);1H. The fraction of sp³-hybridized carbons (Fsp3) is 0.368. The van der Waals surface area contributed by atoms with Crippen molar-refractivity contribution in [3.63, 3.8) is 0 Å². The van der Waals surface area contributed by atoms with Crippen LogP contribution in [0.25, 0.3) is 0 Å². The van der Waals surface area contributed by atoms with Gasteiger partial charge < -0.3 is 16.0 Å². The first-order valence-electron chi connectivity index (χ1n) is 8.49. The smallest absolute Gasteiger partial charge is 0.251 e. The molecule has 1 unspecified atom stereocenters. The summed E-state index contributed by atoms with van der Waals surface area (Å²) in [4.78, 5) is 17.5. The maximum atomic E-state index is 11.9. The number of carbonyl (C=O) groups excluding carboxylic acids is 1. The van der Waals surface area contributed by atoms with E-state index >= 15 is 0 Å². The first-order valence-corrected chi connectivity index (χ1v) is 9.37. The van der Waals surface area contributed by atoms with Crippen LogP contribution in [0.5, 0.6) is 0 Å². The molecule has 0 aliphatic heterocycles. The molecular formula is C19H27IN4OS. The number of halogens is 1. The summed E-state index contributed by atoms with van der Waals surface area (Å²) < 4.78 is 0. The second-order valence-electron chi connectivity index (χ2n) is 5.78. The van der Waals surface area contributed by atoms with Gasteiger partial charge in [-0.05, 0) is 36.1 Å². The molecule has 1 heterocycles. The van der Waals surface area contributed by atoms with Crippen molar-refractivity contribution >= 4 is 47.2 Å². The van der Waals surface area contributed by atoms with Crippen LogP contribution in [0, 0.1) is 0 Å². The summed E-state index contributed by atoms with van der Waals surface area (Å²) in [7, 11) is 1.76. The Balaban J connectivity index is 0.00000338. The summed E-state index contributed by atoms with van der Waals surface area (Å²) in [6.45, 7) is 6.16. The predicted molar refractivity (Wildman–Crippen MR) is 121 cm³/mol. The number of nitrogens with one attached hydrogen (secondary N) is 3. The minimum absolute atomic E-state index is 0. The highest BCUT2D eigenvalue weighted by molar-refractivity contribution is 14.0. The van der Waals surface area contributed by atoms with Gasteiger partial charge >= 0.3 is 0 Å². The fourth-order valence-corrected chi connectivity index (χ4v) is 3.20. The van der Waals surface area contributed by atoms with Crippen LogP contribution in [-0.4, -0.2) is 32.0 Å². The summed E-state index contributed by atoms with van der Waals surface area (Å²) in [5.74, 6) is 1.14. The molecule has 0 spiro atoms. The van der Waals surface area contributed by atoms with E-state index < -0.39 is 0 Å². The number of hydrogen-bond acceptors (Lipinski definition) is 3. The van der Waals surface area contributed by atoms with Gasteiger partial charge in [-0.3, -0.25) is 9.79 Å². The number of amides is 1. The summed E-state index contributed by atoms with van der Waals surface area (Å²) in [5, 5.41) is 11.6. The van der Waals surface area contributed by atoms with Crippen LogP contribution in [0.4, 0.5) is 0 Å². The van der Waals surface area contributed by atoms with E-state index in [1.165, 1.54) is 4.88 Å². The molecule has 0 aliphatic carbocycles. The zero-order valence-electron chi connectivity index (χ0n) is 15.4. The highest BCUT2D eigenvalue weighted by Crippen LogP contribution is 2.19. The van der Waals surface area contributed by atoms with Gasteiger partial charge in [0.15, 0.2) is 5.96 Å². The van der Waals surface area contributed by atoms with E-state index in [2.05, 4.69) is 45.4 Å². The van der Waals surface area contributed by atoms with Crippen molar-refractivity contribution in [2.24, 2.45) is 4.99 Å². The van der Waals surface area contributed by atoms with Crippen molar-refractivity contribution in [1.82, 2.24) is 16.0 Å². The SMILES string of the molecule is CCNC(=O)c1cccc(CNC(=NC)NCC(C)c2cccs2)c1.I. The van der Waals surface area contributed by atoms with Crippen LogP contribution >= 0.6 is 35.3 Å². The topological polar surface area (TPSA) is 65.5 Å². The molecule has 0 radical (unpaired) electrons. The fourth-order valence-electron chi connectivity index (χ4n) is 2.41. The van der Waals surface area contributed by atoms with Gasteiger partial charge in [0.1, 0.15) is 0 Å². The molecule has 26 heavy (non-hydrogen) atoms. The van der Waals surface area contributed by atoms with Gasteiger partial charge in [-0.25, -0.2) is 0 Å². The zero-order valence-corrected chi connectivity index (χ0v) is 18.6. The van der Waals surface area contributed by atoms with E-state index in [9.17, 15) is 4.79 Å². The molecule has 2 rings (SSSR count). The Bertz CT molecular complexity index is 703. The van der Waals surface area contributed by atoms with Gasteiger partial charge in [-0.15, -0.1) is 35.3 Å². The molecule has 0 aliphatic rings. The molecule has 0 saturated heterocycles. The maximum absolute atomic E-state index is 11.9.